The van der Waals surface area contributed by atoms with E-state index in [-0.39, 0.29) is 0 Å². The fraction of sp³-hybridized carbons (Fsp3) is 0.100. The van der Waals surface area contributed by atoms with Gasteiger partial charge in [0.2, 0.25) is 0 Å². The lowest BCUT2D eigenvalue weighted by Crippen LogP contribution is -1.85. The Hall–Kier alpha value is -1.68. The minimum Gasteiger partial charge on any atom is -0.298 e. The van der Waals surface area contributed by atoms with Gasteiger partial charge in [0.15, 0.2) is 6.29 Å². The summed E-state index contributed by atoms with van der Waals surface area (Å²) in [6, 6.07) is 5.16. The number of rotatable bonds is 2. The first-order valence-electron chi connectivity index (χ1n) is 4.32. The van der Waals surface area contributed by atoms with Gasteiger partial charge in [-0.15, -0.1) is 5.10 Å². The molecular weight excluding hydrogens is 214 g/mol. The molecule has 0 amide bonds. The Labute approximate surface area is 91.5 Å². The molecule has 0 atom stereocenters. The fourth-order valence-corrected chi connectivity index (χ4v) is 1.49. The summed E-state index contributed by atoms with van der Waals surface area (Å²) in [7, 11) is 1.79. The zero-order valence-corrected chi connectivity index (χ0v) is 8.77. The van der Waals surface area contributed by atoms with E-state index in [0.717, 1.165) is 17.5 Å². The first-order chi connectivity index (χ1) is 7.20. The van der Waals surface area contributed by atoms with Crippen LogP contribution in [0.5, 0.6) is 0 Å². The van der Waals surface area contributed by atoms with Crippen LogP contribution in [0.3, 0.4) is 0 Å². The molecule has 15 heavy (non-hydrogen) atoms. The van der Waals surface area contributed by atoms with Crippen LogP contribution in [0.1, 0.15) is 10.4 Å². The zero-order valence-electron chi connectivity index (χ0n) is 8.01. The molecule has 0 saturated carbocycles. The molecule has 1 aromatic heterocycles. The molecule has 5 heteroatoms. The summed E-state index contributed by atoms with van der Waals surface area (Å²) in [4.78, 5) is 10.6. The highest BCUT2D eigenvalue weighted by Crippen LogP contribution is 2.22. The zero-order chi connectivity index (χ0) is 10.8. The molecule has 0 bridgehead atoms. The molecule has 0 saturated heterocycles. The van der Waals surface area contributed by atoms with Crippen LogP contribution in [-0.4, -0.2) is 21.3 Å². The van der Waals surface area contributed by atoms with E-state index >= 15 is 0 Å². The maximum atomic E-state index is 10.6. The van der Waals surface area contributed by atoms with Crippen LogP contribution in [0.4, 0.5) is 0 Å². The Morgan fingerprint density at radius 2 is 2.27 bits per heavy atom. The first kappa shape index (κ1) is 9.86. The average Bonchev–Trinajstić information content (AvgIpc) is 2.65. The molecule has 1 heterocycles. The van der Waals surface area contributed by atoms with Crippen molar-refractivity contribution in [3.8, 4) is 11.3 Å². The van der Waals surface area contributed by atoms with Crippen molar-refractivity contribution in [1.29, 1.82) is 0 Å². The van der Waals surface area contributed by atoms with Crippen molar-refractivity contribution in [3.63, 3.8) is 0 Å². The summed E-state index contributed by atoms with van der Waals surface area (Å²) < 4.78 is 1.61. The van der Waals surface area contributed by atoms with Gasteiger partial charge >= 0.3 is 0 Å². The number of aldehydes is 1. The van der Waals surface area contributed by atoms with Crippen LogP contribution < -0.4 is 0 Å². The Morgan fingerprint density at radius 1 is 1.47 bits per heavy atom. The lowest BCUT2D eigenvalue weighted by molar-refractivity contribution is 0.112. The minimum atomic E-state index is 0.424. The highest BCUT2D eigenvalue weighted by Gasteiger charge is 2.05. The number of hydrogen-bond donors (Lipinski definition) is 0. The number of halogens is 1. The van der Waals surface area contributed by atoms with Crippen LogP contribution >= 0.6 is 11.6 Å². The maximum Gasteiger partial charge on any atom is 0.151 e. The second-order valence-corrected chi connectivity index (χ2v) is 3.54. The predicted molar refractivity (Wildman–Crippen MR) is 56.8 cm³/mol. The number of carbonyl (C=O) groups excluding carboxylic acids is 1. The Morgan fingerprint density at radius 3 is 2.80 bits per heavy atom. The molecule has 2 aromatic rings. The van der Waals surface area contributed by atoms with Crippen LogP contribution in [-0.2, 0) is 7.05 Å². The van der Waals surface area contributed by atoms with Gasteiger partial charge < -0.3 is 0 Å². The van der Waals surface area contributed by atoms with Crippen LogP contribution in [0.15, 0.2) is 24.4 Å². The molecule has 0 radical (unpaired) electrons. The molecular formula is C10H8ClN3O. The SMILES string of the molecule is Cn1cc(-c2ccc(C=O)c(Cl)c2)nn1. The van der Waals surface area contributed by atoms with E-state index in [9.17, 15) is 4.79 Å². The normalized spacial score (nSPS) is 10.3. The minimum absolute atomic E-state index is 0.424. The third-order valence-electron chi connectivity index (χ3n) is 2.03. The summed E-state index contributed by atoms with van der Waals surface area (Å²) in [5.74, 6) is 0. The third kappa shape index (κ3) is 1.89. The Bertz CT molecular complexity index is 507. The Balaban J connectivity index is 2.46. The molecule has 0 spiro atoms. The number of hydrogen-bond acceptors (Lipinski definition) is 3. The number of nitrogens with zero attached hydrogens (tertiary/aromatic N) is 3. The largest absolute Gasteiger partial charge is 0.298 e. The number of aryl methyl sites for hydroxylation is 1. The van der Waals surface area contributed by atoms with Crippen LogP contribution in [0, 0.1) is 0 Å². The van der Waals surface area contributed by atoms with Gasteiger partial charge in [0.05, 0.1) is 11.2 Å². The quantitative estimate of drug-likeness (QED) is 0.729. The van der Waals surface area contributed by atoms with E-state index in [4.69, 9.17) is 11.6 Å². The number of benzene rings is 1. The molecule has 4 nitrogen and oxygen atoms in total. The third-order valence-corrected chi connectivity index (χ3v) is 2.35. The van der Waals surface area contributed by atoms with Crippen molar-refractivity contribution >= 4 is 17.9 Å². The lowest BCUT2D eigenvalue weighted by atomic mass is 10.1. The van der Waals surface area contributed by atoms with Gasteiger partial charge in [-0.2, -0.15) is 0 Å². The van der Waals surface area contributed by atoms with E-state index in [1.54, 1.807) is 36.1 Å². The van der Waals surface area contributed by atoms with Gasteiger partial charge in [0.1, 0.15) is 5.69 Å². The highest BCUT2D eigenvalue weighted by atomic mass is 35.5. The van der Waals surface area contributed by atoms with Gasteiger partial charge in [-0.25, -0.2) is 0 Å². The van der Waals surface area contributed by atoms with Gasteiger partial charge in [0.25, 0.3) is 0 Å². The lowest BCUT2D eigenvalue weighted by Gasteiger charge is -1.98. The molecule has 0 aliphatic rings. The van der Waals surface area contributed by atoms with Crippen molar-refractivity contribution in [2.75, 3.05) is 0 Å². The molecule has 76 valence electrons. The summed E-state index contributed by atoms with van der Waals surface area (Å²) in [6.07, 6.45) is 2.51. The summed E-state index contributed by atoms with van der Waals surface area (Å²) >= 11 is 5.90. The number of carbonyl (C=O) groups is 1. The van der Waals surface area contributed by atoms with Crippen molar-refractivity contribution in [1.82, 2.24) is 15.0 Å². The molecule has 0 aliphatic carbocycles. The van der Waals surface area contributed by atoms with Crippen molar-refractivity contribution < 1.29 is 4.79 Å². The second kappa shape index (κ2) is 3.82. The van der Waals surface area contributed by atoms with Crippen molar-refractivity contribution in [2.24, 2.45) is 7.05 Å². The van der Waals surface area contributed by atoms with Gasteiger partial charge in [-0.1, -0.05) is 22.9 Å². The first-order valence-corrected chi connectivity index (χ1v) is 4.70. The smallest absolute Gasteiger partial charge is 0.151 e. The Kier molecular flexibility index (Phi) is 2.51. The standard InChI is InChI=1S/C10H8ClN3O/c1-14-5-10(12-13-14)7-2-3-8(6-15)9(11)4-7/h2-6H,1H3. The molecule has 0 fully saturated rings. The van der Waals surface area contributed by atoms with E-state index < -0.39 is 0 Å². The summed E-state index contributed by atoms with van der Waals surface area (Å²) in [6.45, 7) is 0. The summed E-state index contributed by atoms with van der Waals surface area (Å²) in [5, 5.41) is 8.19. The van der Waals surface area contributed by atoms with Crippen molar-refractivity contribution in [2.45, 2.75) is 0 Å². The van der Waals surface area contributed by atoms with E-state index in [2.05, 4.69) is 10.3 Å². The van der Waals surface area contributed by atoms with Gasteiger partial charge in [-0.05, 0) is 12.1 Å². The predicted octanol–water partition coefficient (Wildman–Crippen LogP) is 1.95. The van der Waals surface area contributed by atoms with Crippen LogP contribution in [0.25, 0.3) is 11.3 Å². The average molecular weight is 222 g/mol. The molecule has 0 aliphatic heterocycles. The summed E-state index contributed by atoms with van der Waals surface area (Å²) in [5.41, 5.74) is 2.06. The van der Waals surface area contributed by atoms with Crippen LogP contribution in [0.2, 0.25) is 5.02 Å². The molecule has 1 aromatic carbocycles. The monoisotopic (exact) mass is 221 g/mol. The van der Waals surface area contributed by atoms with E-state index in [1.165, 1.54) is 0 Å². The molecule has 0 unspecified atom stereocenters. The second-order valence-electron chi connectivity index (χ2n) is 3.13. The van der Waals surface area contributed by atoms with E-state index in [1.807, 2.05) is 0 Å². The maximum absolute atomic E-state index is 10.6. The van der Waals surface area contributed by atoms with E-state index in [0.29, 0.717) is 10.6 Å². The van der Waals surface area contributed by atoms with Crippen molar-refractivity contribution in [3.05, 3.63) is 35.0 Å². The van der Waals surface area contributed by atoms with Gasteiger partial charge in [-0.3, -0.25) is 9.48 Å². The number of aromatic nitrogens is 3. The topological polar surface area (TPSA) is 47.8 Å². The molecule has 0 N–H and O–H groups in total. The fourth-order valence-electron chi connectivity index (χ4n) is 1.26. The van der Waals surface area contributed by atoms with Gasteiger partial charge in [0, 0.05) is 18.2 Å². The molecule has 2 rings (SSSR count). The highest BCUT2D eigenvalue weighted by molar-refractivity contribution is 6.33.